The Morgan fingerprint density at radius 2 is 2.24 bits per heavy atom. The average molecular weight is 340 g/mol. The third-order valence-electron chi connectivity index (χ3n) is 5.16. The molecule has 0 unspecified atom stereocenters. The van der Waals surface area contributed by atoms with Crippen LogP contribution in [0.2, 0.25) is 0 Å². The summed E-state index contributed by atoms with van der Waals surface area (Å²) in [6.45, 7) is 5.69. The molecule has 6 heteroatoms. The van der Waals surface area contributed by atoms with Crippen molar-refractivity contribution in [2.75, 3.05) is 30.3 Å². The van der Waals surface area contributed by atoms with E-state index < -0.39 is 0 Å². The van der Waals surface area contributed by atoms with Crippen molar-refractivity contribution in [2.24, 2.45) is 5.92 Å². The summed E-state index contributed by atoms with van der Waals surface area (Å²) in [4.78, 5) is 14.8. The topological polar surface area (TPSA) is 70.4 Å². The number of fused-ring (bicyclic) bond motifs is 1. The van der Waals surface area contributed by atoms with Crippen LogP contribution in [-0.4, -0.2) is 35.6 Å². The van der Waals surface area contributed by atoms with Crippen LogP contribution in [0, 0.1) is 12.8 Å². The molecule has 0 aliphatic carbocycles. The van der Waals surface area contributed by atoms with Gasteiger partial charge in [0, 0.05) is 30.8 Å². The van der Waals surface area contributed by atoms with Crippen molar-refractivity contribution in [3.8, 4) is 0 Å². The summed E-state index contributed by atoms with van der Waals surface area (Å²) in [6.07, 6.45) is 2.88. The van der Waals surface area contributed by atoms with Gasteiger partial charge in [-0.25, -0.2) is 0 Å². The number of benzene rings is 1. The van der Waals surface area contributed by atoms with Crippen molar-refractivity contribution >= 4 is 17.4 Å². The molecule has 2 aliphatic rings. The maximum atomic E-state index is 12.4. The molecule has 4 rings (SSSR count). The maximum Gasteiger partial charge on any atom is 0.228 e. The number of anilines is 2. The van der Waals surface area contributed by atoms with E-state index in [-0.39, 0.29) is 11.8 Å². The Morgan fingerprint density at radius 1 is 1.40 bits per heavy atom. The number of para-hydroxylation sites is 1. The summed E-state index contributed by atoms with van der Waals surface area (Å²) < 4.78 is 4.99. The van der Waals surface area contributed by atoms with Crippen LogP contribution >= 0.6 is 0 Å². The van der Waals surface area contributed by atoms with Gasteiger partial charge in [-0.05, 0) is 50.4 Å². The van der Waals surface area contributed by atoms with Crippen molar-refractivity contribution in [3.05, 3.63) is 41.2 Å². The Kier molecular flexibility index (Phi) is 4.44. The van der Waals surface area contributed by atoms with E-state index in [2.05, 4.69) is 38.9 Å². The number of amides is 1. The van der Waals surface area contributed by atoms with E-state index >= 15 is 0 Å². The molecule has 2 N–H and O–H groups in total. The Hall–Kier alpha value is -2.34. The van der Waals surface area contributed by atoms with Crippen LogP contribution in [0.15, 0.2) is 28.8 Å². The highest BCUT2D eigenvalue weighted by molar-refractivity contribution is 5.91. The van der Waals surface area contributed by atoms with Crippen molar-refractivity contribution in [3.63, 3.8) is 0 Å². The molecule has 25 heavy (non-hydrogen) atoms. The average Bonchev–Trinajstić information content (AvgIpc) is 3.25. The lowest BCUT2D eigenvalue weighted by Crippen LogP contribution is -2.37. The van der Waals surface area contributed by atoms with Crippen LogP contribution in [0.3, 0.4) is 0 Å². The second-order valence-corrected chi connectivity index (χ2v) is 6.99. The standard InChI is InChI=1S/C19H24N4O2/c1-13-11-17(22-25-13)21-19(24)15-6-9-23(10-7-15)12-16-4-2-3-14-5-8-20-18(14)16/h2-4,11,15,20H,5-10,12H2,1H3,(H,21,22,24). The molecule has 6 nitrogen and oxygen atoms in total. The summed E-state index contributed by atoms with van der Waals surface area (Å²) in [5.41, 5.74) is 4.12. The van der Waals surface area contributed by atoms with Crippen LogP contribution in [0.1, 0.15) is 29.7 Å². The molecule has 1 saturated heterocycles. The first-order chi connectivity index (χ1) is 12.2. The lowest BCUT2D eigenvalue weighted by molar-refractivity contribution is -0.121. The number of nitrogens with one attached hydrogen (secondary N) is 2. The van der Waals surface area contributed by atoms with Gasteiger partial charge < -0.3 is 15.2 Å². The summed E-state index contributed by atoms with van der Waals surface area (Å²) in [7, 11) is 0. The molecule has 132 valence electrons. The number of carbonyl (C=O) groups is 1. The normalized spacial score (nSPS) is 18.0. The van der Waals surface area contributed by atoms with Gasteiger partial charge in [0.2, 0.25) is 5.91 Å². The van der Waals surface area contributed by atoms with Crippen molar-refractivity contribution in [1.82, 2.24) is 10.1 Å². The zero-order chi connectivity index (χ0) is 17.2. The molecule has 1 aromatic carbocycles. The number of hydrogen-bond donors (Lipinski definition) is 2. The van der Waals surface area contributed by atoms with Crippen LogP contribution in [-0.2, 0) is 17.8 Å². The minimum absolute atomic E-state index is 0.0490. The van der Waals surface area contributed by atoms with Gasteiger partial charge in [0.1, 0.15) is 5.76 Å². The molecule has 0 saturated carbocycles. The van der Waals surface area contributed by atoms with Gasteiger partial charge >= 0.3 is 0 Å². The van der Waals surface area contributed by atoms with Gasteiger partial charge in [-0.1, -0.05) is 23.4 Å². The fourth-order valence-electron chi connectivity index (χ4n) is 3.79. The molecule has 1 aromatic heterocycles. The fraction of sp³-hybridized carbons (Fsp3) is 0.474. The largest absolute Gasteiger partial charge is 0.384 e. The van der Waals surface area contributed by atoms with Crippen molar-refractivity contribution in [2.45, 2.75) is 32.7 Å². The summed E-state index contributed by atoms with van der Waals surface area (Å²) in [5.74, 6) is 1.31. The second kappa shape index (κ2) is 6.88. The zero-order valence-electron chi connectivity index (χ0n) is 14.5. The van der Waals surface area contributed by atoms with E-state index in [1.807, 2.05) is 6.92 Å². The maximum absolute atomic E-state index is 12.4. The number of rotatable bonds is 4. The second-order valence-electron chi connectivity index (χ2n) is 6.99. The first kappa shape index (κ1) is 16.1. The lowest BCUT2D eigenvalue weighted by Gasteiger charge is -2.31. The lowest BCUT2D eigenvalue weighted by atomic mass is 9.95. The van der Waals surface area contributed by atoms with Crippen molar-refractivity contribution in [1.29, 1.82) is 0 Å². The van der Waals surface area contributed by atoms with Gasteiger partial charge in [0.25, 0.3) is 0 Å². The van der Waals surface area contributed by atoms with E-state index in [0.717, 1.165) is 45.4 Å². The SMILES string of the molecule is Cc1cc(NC(=O)C2CCN(Cc3cccc4c3NCC4)CC2)no1. The molecule has 0 bridgehead atoms. The highest BCUT2D eigenvalue weighted by Crippen LogP contribution is 2.29. The first-order valence-corrected chi connectivity index (χ1v) is 9.00. The van der Waals surface area contributed by atoms with E-state index in [9.17, 15) is 4.79 Å². The fourth-order valence-corrected chi connectivity index (χ4v) is 3.79. The van der Waals surface area contributed by atoms with Gasteiger partial charge in [0.15, 0.2) is 5.82 Å². The van der Waals surface area contributed by atoms with Crippen LogP contribution in [0.4, 0.5) is 11.5 Å². The smallest absolute Gasteiger partial charge is 0.228 e. The van der Waals surface area contributed by atoms with Gasteiger partial charge in [-0.2, -0.15) is 0 Å². The molecule has 2 aromatic rings. The third-order valence-corrected chi connectivity index (χ3v) is 5.16. The van der Waals surface area contributed by atoms with E-state index in [1.165, 1.54) is 16.8 Å². The van der Waals surface area contributed by atoms with Crippen LogP contribution in [0.5, 0.6) is 0 Å². The van der Waals surface area contributed by atoms with Gasteiger partial charge in [-0.3, -0.25) is 9.69 Å². The number of hydrogen-bond acceptors (Lipinski definition) is 5. The van der Waals surface area contributed by atoms with Crippen molar-refractivity contribution < 1.29 is 9.32 Å². The quantitative estimate of drug-likeness (QED) is 0.896. The highest BCUT2D eigenvalue weighted by atomic mass is 16.5. The minimum atomic E-state index is 0.0490. The number of carbonyl (C=O) groups excluding carboxylic acids is 1. The molecular formula is C19H24N4O2. The monoisotopic (exact) mass is 340 g/mol. The van der Waals surface area contributed by atoms with E-state index in [4.69, 9.17) is 4.52 Å². The Bertz CT molecular complexity index is 763. The van der Waals surface area contributed by atoms with Gasteiger partial charge in [0.05, 0.1) is 0 Å². The predicted octanol–water partition coefficient (Wildman–Crippen LogP) is 2.80. The summed E-state index contributed by atoms with van der Waals surface area (Å²) in [5, 5.41) is 10.2. The number of aryl methyl sites for hydroxylation is 1. The Balaban J connectivity index is 1.31. The first-order valence-electron chi connectivity index (χ1n) is 9.00. The van der Waals surface area contributed by atoms with Crippen LogP contribution in [0.25, 0.3) is 0 Å². The predicted molar refractivity (Wildman–Crippen MR) is 96.5 cm³/mol. The van der Waals surface area contributed by atoms with E-state index in [0.29, 0.717) is 11.6 Å². The van der Waals surface area contributed by atoms with Gasteiger partial charge in [-0.15, -0.1) is 0 Å². The number of piperidine rings is 1. The zero-order valence-corrected chi connectivity index (χ0v) is 14.5. The number of nitrogens with zero attached hydrogens (tertiary/aromatic N) is 2. The Morgan fingerprint density at radius 3 is 3.00 bits per heavy atom. The molecule has 1 fully saturated rings. The molecule has 0 radical (unpaired) electrons. The summed E-state index contributed by atoms with van der Waals surface area (Å²) >= 11 is 0. The third kappa shape index (κ3) is 3.54. The molecule has 2 aliphatic heterocycles. The number of aromatic nitrogens is 1. The molecule has 0 spiro atoms. The molecule has 0 atom stereocenters. The Labute approximate surface area is 147 Å². The van der Waals surface area contributed by atoms with Crippen LogP contribution < -0.4 is 10.6 Å². The molecular weight excluding hydrogens is 316 g/mol. The number of likely N-dealkylation sites (tertiary alicyclic amines) is 1. The minimum Gasteiger partial charge on any atom is -0.384 e. The molecule has 3 heterocycles. The molecule has 1 amide bonds. The summed E-state index contributed by atoms with van der Waals surface area (Å²) in [6, 6.07) is 8.32. The van der Waals surface area contributed by atoms with E-state index in [1.54, 1.807) is 6.07 Å². The highest BCUT2D eigenvalue weighted by Gasteiger charge is 2.26.